The number of aromatic nitrogens is 2. The molecule has 2 aliphatic rings. The molecule has 1 aromatic carbocycles. The van der Waals surface area contributed by atoms with E-state index < -0.39 is 0 Å². The van der Waals surface area contributed by atoms with Gasteiger partial charge >= 0.3 is 0 Å². The molecule has 1 saturated carbocycles. The van der Waals surface area contributed by atoms with Crippen LogP contribution in [0, 0.1) is 5.92 Å². The summed E-state index contributed by atoms with van der Waals surface area (Å²) in [6.07, 6.45) is 10.7. The number of likely N-dealkylation sites (tertiary alicyclic amines) is 1. The van der Waals surface area contributed by atoms with Crippen molar-refractivity contribution in [1.82, 2.24) is 19.9 Å². The van der Waals surface area contributed by atoms with Crippen molar-refractivity contribution in [3.05, 3.63) is 47.3 Å². The number of carbonyl (C=O) groups is 2. The summed E-state index contributed by atoms with van der Waals surface area (Å²) in [5.41, 5.74) is 0.858. The number of hydrogen-bond acceptors (Lipinski definition) is 5. The molecule has 1 atom stereocenters. The number of hydrogen-bond donors (Lipinski definition) is 0. The largest absolute Gasteiger partial charge is 0.337 e. The lowest BCUT2D eigenvalue weighted by Crippen LogP contribution is -2.46. The second-order valence-corrected chi connectivity index (χ2v) is 10.2. The van der Waals surface area contributed by atoms with Gasteiger partial charge in [-0.05, 0) is 55.9 Å². The molecular weight excluding hydrogens is 496 g/mol. The Labute approximate surface area is 209 Å². The summed E-state index contributed by atoms with van der Waals surface area (Å²) < 4.78 is 6.58. The molecule has 182 valence electrons. The van der Waals surface area contributed by atoms with Crippen LogP contribution in [0.5, 0.6) is 0 Å². The summed E-state index contributed by atoms with van der Waals surface area (Å²) in [5.74, 6) is 1.56. The third kappa shape index (κ3) is 6.14. The van der Waals surface area contributed by atoms with Crippen molar-refractivity contribution >= 4 is 27.7 Å². The maximum absolute atomic E-state index is 13.3. The number of amides is 2. The summed E-state index contributed by atoms with van der Waals surface area (Å²) >= 11 is 3.43. The highest BCUT2D eigenvalue weighted by Crippen LogP contribution is 2.32. The number of rotatable bonds is 9. The van der Waals surface area contributed by atoms with E-state index in [1.54, 1.807) is 11.0 Å². The molecule has 34 heavy (non-hydrogen) atoms. The molecule has 1 aliphatic carbocycles. The van der Waals surface area contributed by atoms with Crippen molar-refractivity contribution in [2.24, 2.45) is 5.92 Å². The molecule has 1 aromatic heterocycles. The fraction of sp³-hybridized carbons (Fsp3) is 0.538. The van der Waals surface area contributed by atoms with Crippen molar-refractivity contribution in [1.29, 1.82) is 0 Å². The van der Waals surface area contributed by atoms with Gasteiger partial charge in [-0.15, -0.1) is 6.58 Å². The standard InChI is InChI=1S/C26H33BrN4O3/c1-2-16-30(23(32)15-10-19-7-3-4-8-19)18-24(33)31-17-6-5-9-22(31)26-28-25(29-34-26)20-11-13-21(27)14-12-20/h2,11-14,19,22H,1,3-10,15-18H2. The number of piperidine rings is 1. The molecule has 1 aliphatic heterocycles. The number of nitrogens with zero attached hydrogens (tertiary/aromatic N) is 4. The van der Waals surface area contributed by atoms with E-state index in [4.69, 9.17) is 4.52 Å². The third-order valence-electron chi connectivity index (χ3n) is 6.92. The van der Waals surface area contributed by atoms with Crippen LogP contribution in [0.15, 0.2) is 45.9 Å². The number of benzene rings is 1. The van der Waals surface area contributed by atoms with Crippen LogP contribution in [0.3, 0.4) is 0 Å². The Morgan fingerprint density at radius 1 is 1.15 bits per heavy atom. The molecule has 0 radical (unpaired) electrons. The molecule has 4 rings (SSSR count). The fourth-order valence-corrected chi connectivity index (χ4v) is 5.29. The van der Waals surface area contributed by atoms with Crippen LogP contribution in [0.1, 0.15) is 69.7 Å². The minimum Gasteiger partial charge on any atom is -0.337 e. The lowest BCUT2D eigenvalue weighted by atomic mass is 10.0. The van der Waals surface area contributed by atoms with E-state index in [1.807, 2.05) is 29.2 Å². The maximum Gasteiger partial charge on any atom is 0.249 e. The summed E-state index contributed by atoms with van der Waals surface area (Å²) in [6, 6.07) is 7.44. The summed E-state index contributed by atoms with van der Waals surface area (Å²) in [6.45, 7) is 4.84. The maximum atomic E-state index is 13.3. The van der Waals surface area contributed by atoms with Gasteiger partial charge in [0.1, 0.15) is 12.6 Å². The highest BCUT2D eigenvalue weighted by Gasteiger charge is 2.33. The van der Waals surface area contributed by atoms with E-state index in [1.165, 1.54) is 25.7 Å². The molecule has 0 spiro atoms. The Morgan fingerprint density at radius 2 is 1.88 bits per heavy atom. The molecule has 2 aromatic rings. The quantitative estimate of drug-likeness (QED) is 0.399. The van der Waals surface area contributed by atoms with E-state index >= 15 is 0 Å². The van der Waals surface area contributed by atoms with Crippen LogP contribution in [0.2, 0.25) is 0 Å². The first kappa shape index (κ1) is 24.6. The van der Waals surface area contributed by atoms with Crippen molar-refractivity contribution in [2.45, 2.75) is 63.8 Å². The van der Waals surface area contributed by atoms with E-state index in [0.29, 0.717) is 37.1 Å². The lowest BCUT2D eigenvalue weighted by molar-refractivity contribution is -0.143. The smallest absolute Gasteiger partial charge is 0.249 e. The van der Waals surface area contributed by atoms with Gasteiger partial charge in [0.25, 0.3) is 0 Å². The normalized spacial score (nSPS) is 18.7. The Bertz CT molecular complexity index is 984. The van der Waals surface area contributed by atoms with E-state index in [0.717, 1.165) is 35.7 Å². The summed E-state index contributed by atoms with van der Waals surface area (Å²) in [4.78, 5) is 34.3. The van der Waals surface area contributed by atoms with Gasteiger partial charge in [0, 0.05) is 29.5 Å². The zero-order chi connectivity index (χ0) is 23.9. The molecule has 2 fully saturated rings. The Morgan fingerprint density at radius 3 is 2.62 bits per heavy atom. The molecule has 0 N–H and O–H groups in total. The first-order valence-corrected chi connectivity index (χ1v) is 13.1. The SMILES string of the molecule is C=CCN(CC(=O)N1CCCCC1c1nc(-c2ccc(Br)cc2)no1)C(=O)CCC1CCCC1. The predicted octanol–water partition coefficient (Wildman–Crippen LogP) is 5.54. The van der Waals surface area contributed by atoms with Gasteiger partial charge < -0.3 is 14.3 Å². The monoisotopic (exact) mass is 528 g/mol. The van der Waals surface area contributed by atoms with Crippen molar-refractivity contribution in [3.63, 3.8) is 0 Å². The molecule has 1 unspecified atom stereocenters. The molecule has 0 bridgehead atoms. The summed E-state index contributed by atoms with van der Waals surface area (Å²) in [7, 11) is 0. The van der Waals surface area contributed by atoms with Gasteiger partial charge in [-0.2, -0.15) is 4.98 Å². The zero-order valence-electron chi connectivity index (χ0n) is 19.6. The van der Waals surface area contributed by atoms with Crippen LogP contribution >= 0.6 is 15.9 Å². The molecule has 8 heteroatoms. The predicted molar refractivity (Wildman–Crippen MR) is 134 cm³/mol. The molecule has 2 amide bonds. The highest BCUT2D eigenvalue weighted by molar-refractivity contribution is 9.10. The third-order valence-corrected chi connectivity index (χ3v) is 7.45. The lowest BCUT2D eigenvalue weighted by Gasteiger charge is -2.35. The van der Waals surface area contributed by atoms with Gasteiger partial charge in [0.2, 0.25) is 23.5 Å². The minimum atomic E-state index is -0.267. The second-order valence-electron chi connectivity index (χ2n) is 9.31. The van der Waals surface area contributed by atoms with Crippen LogP contribution in [0.4, 0.5) is 0 Å². The van der Waals surface area contributed by atoms with E-state index in [9.17, 15) is 9.59 Å². The summed E-state index contributed by atoms with van der Waals surface area (Å²) in [5, 5.41) is 4.15. The van der Waals surface area contributed by atoms with Crippen molar-refractivity contribution in [3.8, 4) is 11.4 Å². The first-order valence-electron chi connectivity index (χ1n) is 12.3. The average Bonchev–Trinajstić information content (AvgIpc) is 3.55. The topological polar surface area (TPSA) is 79.5 Å². The van der Waals surface area contributed by atoms with Crippen LogP contribution in [0.25, 0.3) is 11.4 Å². The zero-order valence-corrected chi connectivity index (χ0v) is 21.2. The van der Waals surface area contributed by atoms with Gasteiger partial charge in [-0.1, -0.05) is 52.8 Å². The average molecular weight is 529 g/mol. The highest BCUT2D eigenvalue weighted by atomic mass is 79.9. The van der Waals surface area contributed by atoms with E-state index in [-0.39, 0.29) is 24.4 Å². The Hall–Kier alpha value is -2.48. The fourth-order valence-electron chi connectivity index (χ4n) is 5.02. The number of carbonyl (C=O) groups excluding carboxylic acids is 2. The van der Waals surface area contributed by atoms with Crippen LogP contribution in [-0.2, 0) is 9.59 Å². The van der Waals surface area contributed by atoms with Gasteiger partial charge in [0.15, 0.2) is 0 Å². The molecule has 2 heterocycles. The Balaban J connectivity index is 1.42. The molecule has 1 saturated heterocycles. The van der Waals surface area contributed by atoms with Crippen molar-refractivity contribution in [2.75, 3.05) is 19.6 Å². The van der Waals surface area contributed by atoms with Gasteiger partial charge in [-0.25, -0.2) is 0 Å². The van der Waals surface area contributed by atoms with Crippen LogP contribution < -0.4 is 0 Å². The van der Waals surface area contributed by atoms with Gasteiger partial charge in [0.05, 0.1) is 0 Å². The molecular formula is C26H33BrN4O3. The minimum absolute atomic E-state index is 0.0315. The first-order chi connectivity index (χ1) is 16.5. The van der Waals surface area contributed by atoms with Crippen LogP contribution in [-0.4, -0.2) is 51.4 Å². The van der Waals surface area contributed by atoms with E-state index in [2.05, 4.69) is 32.6 Å². The Kier molecular flexibility index (Phi) is 8.53. The van der Waals surface area contributed by atoms with Crippen molar-refractivity contribution < 1.29 is 14.1 Å². The van der Waals surface area contributed by atoms with Gasteiger partial charge in [-0.3, -0.25) is 9.59 Å². The number of halogens is 1. The second kappa shape index (κ2) is 11.8. The molecule has 7 nitrogen and oxygen atoms in total.